The van der Waals surface area contributed by atoms with Crippen molar-refractivity contribution < 1.29 is 14.3 Å². The normalized spacial score (nSPS) is 14.9. The van der Waals surface area contributed by atoms with E-state index >= 15 is 0 Å². The molecule has 0 unspecified atom stereocenters. The van der Waals surface area contributed by atoms with Gasteiger partial charge in [-0.05, 0) is 24.5 Å². The first-order valence-corrected chi connectivity index (χ1v) is 6.32. The number of carbonyl (C=O) groups is 1. The van der Waals surface area contributed by atoms with E-state index in [1.165, 1.54) is 26.4 Å². The van der Waals surface area contributed by atoms with Crippen molar-refractivity contribution in [2.75, 3.05) is 19.5 Å². The highest BCUT2D eigenvalue weighted by Gasteiger charge is 2.19. The van der Waals surface area contributed by atoms with E-state index in [2.05, 4.69) is 0 Å². The topological polar surface area (TPSA) is 61.5 Å². The molecule has 1 saturated carbocycles. The predicted molar refractivity (Wildman–Crippen MR) is 69.6 cm³/mol. The van der Waals surface area contributed by atoms with Gasteiger partial charge >= 0.3 is 5.97 Å². The van der Waals surface area contributed by atoms with Gasteiger partial charge in [0.15, 0.2) is 5.75 Å². The van der Waals surface area contributed by atoms with Gasteiger partial charge < -0.3 is 15.2 Å². The number of hydrogen-bond donors (Lipinski definition) is 1. The van der Waals surface area contributed by atoms with Crippen LogP contribution in [0.1, 0.15) is 36.0 Å². The summed E-state index contributed by atoms with van der Waals surface area (Å²) in [4.78, 5) is 11.6. The first-order chi connectivity index (χ1) is 8.72. The minimum Gasteiger partial charge on any atom is -0.491 e. The number of nitrogens with two attached hydrogens (primary N) is 1. The summed E-state index contributed by atoms with van der Waals surface area (Å²) < 4.78 is 10.4. The minimum atomic E-state index is -0.416. The van der Waals surface area contributed by atoms with E-state index in [9.17, 15) is 4.79 Å². The Morgan fingerprint density at radius 2 is 2.22 bits per heavy atom. The SMILES string of the molecule is COC(=O)c1cccc(N)c1OCCC1CCC1. The largest absolute Gasteiger partial charge is 0.491 e. The summed E-state index contributed by atoms with van der Waals surface area (Å²) in [7, 11) is 1.35. The highest BCUT2D eigenvalue weighted by Crippen LogP contribution is 2.31. The molecule has 1 aliphatic carbocycles. The second-order valence-corrected chi connectivity index (χ2v) is 4.65. The van der Waals surface area contributed by atoms with Gasteiger partial charge in [-0.25, -0.2) is 4.79 Å². The zero-order valence-corrected chi connectivity index (χ0v) is 10.6. The van der Waals surface area contributed by atoms with Gasteiger partial charge in [-0.2, -0.15) is 0 Å². The molecule has 2 rings (SSSR count). The van der Waals surface area contributed by atoms with Crippen molar-refractivity contribution in [3.05, 3.63) is 23.8 Å². The lowest BCUT2D eigenvalue weighted by Gasteiger charge is -2.25. The third-order valence-electron chi connectivity index (χ3n) is 3.45. The average Bonchev–Trinajstić information content (AvgIpc) is 2.32. The monoisotopic (exact) mass is 249 g/mol. The summed E-state index contributed by atoms with van der Waals surface area (Å²) in [6, 6.07) is 5.12. The van der Waals surface area contributed by atoms with Gasteiger partial charge in [0.05, 0.1) is 19.4 Å². The van der Waals surface area contributed by atoms with Crippen LogP contribution in [0.4, 0.5) is 5.69 Å². The van der Waals surface area contributed by atoms with Gasteiger partial charge in [0.2, 0.25) is 0 Å². The maximum absolute atomic E-state index is 11.6. The highest BCUT2D eigenvalue weighted by atomic mass is 16.5. The molecule has 0 radical (unpaired) electrons. The molecule has 0 amide bonds. The lowest BCUT2D eigenvalue weighted by molar-refractivity contribution is 0.0595. The fourth-order valence-electron chi connectivity index (χ4n) is 2.10. The van der Waals surface area contributed by atoms with Crippen LogP contribution < -0.4 is 10.5 Å². The molecule has 0 atom stereocenters. The number of rotatable bonds is 5. The minimum absolute atomic E-state index is 0.395. The lowest BCUT2D eigenvalue weighted by atomic mass is 9.83. The van der Waals surface area contributed by atoms with Crippen LogP contribution in [0.15, 0.2) is 18.2 Å². The van der Waals surface area contributed by atoms with Crippen molar-refractivity contribution in [3.63, 3.8) is 0 Å². The van der Waals surface area contributed by atoms with Crippen LogP contribution in [0.5, 0.6) is 5.75 Å². The molecule has 18 heavy (non-hydrogen) atoms. The van der Waals surface area contributed by atoms with Crippen molar-refractivity contribution in [1.29, 1.82) is 0 Å². The van der Waals surface area contributed by atoms with Gasteiger partial charge in [0.25, 0.3) is 0 Å². The fourth-order valence-corrected chi connectivity index (χ4v) is 2.10. The molecule has 4 heteroatoms. The molecule has 0 heterocycles. The molecular formula is C14H19NO3. The zero-order valence-electron chi connectivity index (χ0n) is 10.6. The number of methoxy groups -OCH3 is 1. The van der Waals surface area contributed by atoms with Crippen LogP contribution in [-0.2, 0) is 4.74 Å². The Kier molecular flexibility index (Phi) is 4.07. The molecule has 0 saturated heterocycles. The van der Waals surface area contributed by atoms with Crippen LogP contribution in [0.3, 0.4) is 0 Å². The summed E-state index contributed by atoms with van der Waals surface area (Å²) in [6.07, 6.45) is 4.93. The molecule has 4 nitrogen and oxygen atoms in total. The number of nitrogen functional groups attached to an aromatic ring is 1. The van der Waals surface area contributed by atoms with Crippen LogP contribution in [0.25, 0.3) is 0 Å². The molecule has 1 fully saturated rings. The third-order valence-corrected chi connectivity index (χ3v) is 3.45. The van der Waals surface area contributed by atoms with E-state index < -0.39 is 5.97 Å². The Morgan fingerprint density at radius 3 is 2.83 bits per heavy atom. The number of anilines is 1. The first kappa shape index (κ1) is 12.7. The van der Waals surface area contributed by atoms with Crippen LogP contribution >= 0.6 is 0 Å². The van der Waals surface area contributed by atoms with E-state index in [0.29, 0.717) is 23.6 Å². The van der Waals surface area contributed by atoms with Crippen molar-refractivity contribution >= 4 is 11.7 Å². The zero-order chi connectivity index (χ0) is 13.0. The number of benzene rings is 1. The summed E-state index contributed by atoms with van der Waals surface area (Å²) in [5.41, 5.74) is 6.72. The maximum Gasteiger partial charge on any atom is 0.341 e. The summed E-state index contributed by atoms with van der Waals surface area (Å²) in [5, 5.41) is 0. The Balaban J connectivity index is 2.02. The van der Waals surface area contributed by atoms with Gasteiger partial charge in [-0.15, -0.1) is 0 Å². The van der Waals surface area contributed by atoms with E-state index in [1.54, 1.807) is 18.2 Å². The van der Waals surface area contributed by atoms with Crippen LogP contribution in [0, 0.1) is 5.92 Å². The predicted octanol–water partition coefficient (Wildman–Crippen LogP) is 2.62. The number of para-hydroxylation sites is 1. The standard InChI is InChI=1S/C14H19NO3/c1-17-14(16)11-6-3-7-12(15)13(11)18-9-8-10-4-2-5-10/h3,6-7,10H,2,4-5,8-9,15H2,1H3. The first-order valence-electron chi connectivity index (χ1n) is 6.32. The molecule has 0 aliphatic heterocycles. The van der Waals surface area contributed by atoms with Crippen molar-refractivity contribution in [1.82, 2.24) is 0 Å². The number of esters is 1. The van der Waals surface area contributed by atoms with Crippen molar-refractivity contribution in [2.45, 2.75) is 25.7 Å². The maximum atomic E-state index is 11.6. The molecule has 1 aliphatic rings. The molecule has 0 aromatic heterocycles. The molecule has 0 spiro atoms. The van der Waals surface area contributed by atoms with Gasteiger partial charge in [0.1, 0.15) is 5.56 Å². The Bertz CT molecular complexity index is 427. The summed E-state index contributed by atoms with van der Waals surface area (Å²) >= 11 is 0. The Labute approximate surface area is 107 Å². The summed E-state index contributed by atoms with van der Waals surface area (Å²) in [5.74, 6) is 0.807. The number of carbonyl (C=O) groups excluding carboxylic acids is 1. The smallest absolute Gasteiger partial charge is 0.341 e. The van der Waals surface area contributed by atoms with Crippen LogP contribution in [-0.4, -0.2) is 19.7 Å². The Hall–Kier alpha value is -1.71. The molecule has 2 N–H and O–H groups in total. The van der Waals surface area contributed by atoms with Crippen LogP contribution in [0.2, 0.25) is 0 Å². The molecule has 98 valence electrons. The summed E-state index contributed by atoms with van der Waals surface area (Å²) in [6.45, 7) is 0.600. The second-order valence-electron chi connectivity index (χ2n) is 4.65. The Morgan fingerprint density at radius 1 is 1.44 bits per heavy atom. The fraction of sp³-hybridized carbons (Fsp3) is 0.500. The number of hydrogen-bond acceptors (Lipinski definition) is 4. The van der Waals surface area contributed by atoms with Gasteiger partial charge in [0, 0.05) is 0 Å². The van der Waals surface area contributed by atoms with Crippen molar-refractivity contribution in [2.24, 2.45) is 5.92 Å². The highest BCUT2D eigenvalue weighted by molar-refractivity contribution is 5.94. The average molecular weight is 249 g/mol. The lowest BCUT2D eigenvalue weighted by Crippen LogP contribution is -2.16. The number of ether oxygens (including phenoxy) is 2. The van der Waals surface area contributed by atoms with E-state index in [4.69, 9.17) is 15.2 Å². The molecule has 1 aromatic rings. The van der Waals surface area contributed by atoms with Crippen molar-refractivity contribution in [3.8, 4) is 5.75 Å². The van der Waals surface area contributed by atoms with E-state index in [1.807, 2.05) is 0 Å². The van der Waals surface area contributed by atoms with Gasteiger partial charge in [-0.1, -0.05) is 25.3 Å². The molecular weight excluding hydrogens is 230 g/mol. The van der Waals surface area contributed by atoms with E-state index in [-0.39, 0.29) is 0 Å². The van der Waals surface area contributed by atoms with E-state index in [0.717, 1.165) is 12.3 Å². The second kappa shape index (κ2) is 5.76. The molecule has 1 aromatic carbocycles. The van der Waals surface area contributed by atoms with Gasteiger partial charge in [-0.3, -0.25) is 0 Å². The molecule has 0 bridgehead atoms. The third kappa shape index (κ3) is 2.75. The quantitative estimate of drug-likeness (QED) is 0.643.